The summed E-state index contributed by atoms with van der Waals surface area (Å²) >= 11 is 0. The molecule has 1 aliphatic heterocycles. The fourth-order valence-electron chi connectivity index (χ4n) is 2.48. The predicted octanol–water partition coefficient (Wildman–Crippen LogP) is 1.55. The van der Waals surface area contributed by atoms with Crippen molar-refractivity contribution in [2.75, 3.05) is 0 Å². The summed E-state index contributed by atoms with van der Waals surface area (Å²) in [5, 5.41) is 48.4. The third-order valence-electron chi connectivity index (χ3n) is 3.55. The van der Waals surface area contributed by atoms with Crippen molar-refractivity contribution in [3.05, 3.63) is 41.5 Å². The van der Waals surface area contributed by atoms with Gasteiger partial charge in [-0.15, -0.1) is 0 Å². The van der Waals surface area contributed by atoms with Crippen molar-refractivity contribution >= 4 is 0 Å². The molecule has 2 aromatic carbocycles. The molecule has 21 heavy (non-hydrogen) atoms. The molecular weight excluding hydrogens is 276 g/mol. The molecule has 110 valence electrons. The molecule has 6 nitrogen and oxygen atoms in total. The van der Waals surface area contributed by atoms with E-state index in [-0.39, 0.29) is 12.2 Å². The molecule has 3 rings (SSSR count). The topological polar surface area (TPSA) is 110 Å². The maximum Gasteiger partial charge on any atom is 0.200 e. The van der Waals surface area contributed by atoms with Crippen molar-refractivity contribution in [1.29, 1.82) is 0 Å². The second kappa shape index (κ2) is 4.75. The number of aliphatic hydroxyl groups is 1. The quantitative estimate of drug-likeness (QED) is 0.510. The average molecular weight is 290 g/mol. The number of rotatable bonds is 1. The Bertz CT molecular complexity index is 674. The van der Waals surface area contributed by atoms with Crippen LogP contribution in [0.4, 0.5) is 0 Å². The van der Waals surface area contributed by atoms with E-state index < -0.39 is 29.5 Å². The number of phenols is 4. The Kier molecular flexibility index (Phi) is 3.03. The Hall–Kier alpha value is -2.60. The van der Waals surface area contributed by atoms with Crippen LogP contribution in [0.5, 0.6) is 28.7 Å². The van der Waals surface area contributed by atoms with Gasteiger partial charge in [0.05, 0.1) is 6.10 Å². The van der Waals surface area contributed by atoms with Crippen LogP contribution >= 0.6 is 0 Å². The van der Waals surface area contributed by atoms with E-state index in [0.29, 0.717) is 16.9 Å². The molecule has 2 atom stereocenters. The molecular formula is C15H14O6. The van der Waals surface area contributed by atoms with Crippen molar-refractivity contribution in [1.82, 2.24) is 0 Å². The molecule has 0 fully saturated rings. The molecule has 0 radical (unpaired) electrons. The molecule has 0 bridgehead atoms. The van der Waals surface area contributed by atoms with Crippen LogP contribution in [0.3, 0.4) is 0 Å². The SMILES string of the molecule is Oc1cc([C@H]2Oc3cccc(O)c3C[C@H]2O)cc(O)c1O. The summed E-state index contributed by atoms with van der Waals surface area (Å²) in [7, 11) is 0. The minimum absolute atomic E-state index is 0.0430. The Morgan fingerprint density at radius 1 is 0.952 bits per heavy atom. The lowest BCUT2D eigenvalue weighted by Crippen LogP contribution is -2.30. The highest BCUT2D eigenvalue weighted by Gasteiger charge is 2.32. The molecule has 0 saturated carbocycles. The maximum atomic E-state index is 10.2. The second-order valence-electron chi connectivity index (χ2n) is 4.97. The highest BCUT2D eigenvalue weighted by Crippen LogP contribution is 2.43. The van der Waals surface area contributed by atoms with Crippen LogP contribution in [0.1, 0.15) is 17.2 Å². The van der Waals surface area contributed by atoms with Gasteiger partial charge in [0.2, 0.25) is 0 Å². The molecule has 0 spiro atoms. The number of aliphatic hydroxyl groups excluding tert-OH is 1. The van der Waals surface area contributed by atoms with Crippen molar-refractivity contribution < 1.29 is 30.3 Å². The van der Waals surface area contributed by atoms with Crippen LogP contribution < -0.4 is 4.74 Å². The van der Waals surface area contributed by atoms with Crippen molar-refractivity contribution in [3.63, 3.8) is 0 Å². The van der Waals surface area contributed by atoms with Gasteiger partial charge in [-0.2, -0.15) is 0 Å². The zero-order valence-corrected chi connectivity index (χ0v) is 10.9. The van der Waals surface area contributed by atoms with Gasteiger partial charge >= 0.3 is 0 Å². The van der Waals surface area contributed by atoms with Gasteiger partial charge < -0.3 is 30.3 Å². The minimum atomic E-state index is -0.964. The molecule has 2 aromatic rings. The van der Waals surface area contributed by atoms with Crippen molar-refractivity contribution in [3.8, 4) is 28.7 Å². The standard InChI is InChI=1S/C15H14O6/c16-9-2-1-3-13-8(9)6-12(19)15(21-13)7-4-10(17)14(20)11(18)5-7/h1-5,12,15-20H,6H2/t12-,15-/m1/s1. The smallest absolute Gasteiger partial charge is 0.200 e. The molecule has 1 aliphatic rings. The van der Waals surface area contributed by atoms with Gasteiger partial charge in [-0.3, -0.25) is 0 Å². The van der Waals surface area contributed by atoms with Gasteiger partial charge in [-0.05, 0) is 24.3 Å². The summed E-state index contributed by atoms with van der Waals surface area (Å²) in [6.45, 7) is 0. The molecule has 1 heterocycles. The summed E-state index contributed by atoms with van der Waals surface area (Å²) < 4.78 is 5.65. The summed E-state index contributed by atoms with van der Waals surface area (Å²) in [4.78, 5) is 0. The van der Waals surface area contributed by atoms with Crippen LogP contribution in [0.2, 0.25) is 0 Å². The molecule has 0 amide bonds. The highest BCUT2D eigenvalue weighted by atomic mass is 16.5. The lowest BCUT2D eigenvalue weighted by molar-refractivity contribution is 0.0197. The predicted molar refractivity (Wildman–Crippen MR) is 72.6 cm³/mol. The molecule has 0 saturated heterocycles. The van der Waals surface area contributed by atoms with Crippen LogP contribution in [0.25, 0.3) is 0 Å². The average Bonchev–Trinajstić information content (AvgIpc) is 2.45. The lowest BCUT2D eigenvalue weighted by Gasteiger charge is -2.31. The van der Waals surface area contributed by atoms with Gasteiger partial charge in [-0.25, -0.2) is 0 Å². The molecule has 6 heteroatoms. The highest BCUT2D eigenvalue weighted by molar-refractivity contribution is 5.53. The van der Waals surface area contributed by atoms with Gasteiger partial charge in [0, 0.05) is 17.5 Å². The van der Waals surface area contributed by atoms with E-state index in [0.717, 1.165) is 0 Å². The van der Waals surface area contributed by atoms with Crippen LogP contribution in [0, 0.1) is 0 Å². The lowest BCUT2D eigenvalue weighted by atomic mass is 9.94. The van der Waals surface area contributed by atoms with Gasteiger partial charge in [0.15, 0.2) is 23.4 Å². The number of phenolic OH excluding ortho intramolecular Hbond substituents is 4. The van der Waals surface area contributed by atoms with E-state index in [1.807, 2.05) is 0 Å². The minimum Gasteiger partial charge on any atom is -0.508 e. The van der Waals surface area contributed by atoms with Crippen molar-refractivity contribution in [2.45, 2.75) is 18.6 Å². The van der Waals surface area contributed by atoms with E-state index in [2.05, 4.69) is 0 Å². The van der Waals surface area contributed by atoms with Crippen LogP contribution in [-0.4, -0.2) is 31.6 Å². The van der Waals surface area contributed by atoms with E-state index in [1.165, 1.54) is 18.2 Å². The zero-order valence-electron chi connectivity index (χ0n) is 10.9. The first-order valence-electron chi connectivity index (χ1n) is 6.37. The van der Waals surface area contributed by atoms with E-state index in [4.69, 9.17) is 4.74 Å². The molecule has 0 unspecified atom stereocenters. The Labute approximate surface area is 120 Å². The first-order valence-corrected chi connectivity index (χ1v) is 6.37. The van der Waals surface area contributed by atoms with Gasteiger partial charge in [0.25, 0.3) is 0 Å². The molecule has 0 aromatic heterocycles. The summed E-state index contributed by atoms with van der Waals surface area (Å²) in [5.41, 5.74) is 0.831. The van der Waals surface area contributed by atoms with Crippen molar-refractivity contribution in [2.24, 2.45) is 0 Å². The Balaban J connectivity index is 2.01. The number of hydrogen-bond acceptors (Lipinski definition) is 6. The molecule has 0 aliphatic carbocycles. The fourth-order valence-corrected chi connectivity index (χ4v) is 2.48. The fraction of sp³-hybridized carbons (Fsp3) is 0.200. The number of ether oxygens (including phenoxy) is 1. The maximum absolute atomic E-state index is 10.2. The Morgan fingerprint density at radius 3 is 2.29 bits per heavy atom. The number of aromatic hydroxyl groups is 4. The van der Waals surface area contributed by atoms with E-state index in [1.54, 1.807) is 12.1 Å². The van der Waals surface area contributed by atoms with Crippen LogP contribution in [0.15, 0.2) is 30.3 Å². The number of hydrogen-bond donors (Lipinski definition) is 5. The summed E-state index contributed by atoms with van der Waals surface area (Å²) in [6.07, 6.45) is -1.61. The first-order chi connectivity index (χ1) is 9.97. The van der Waals surface area contributed by atoms with Gasteiger partial charge in [-0.1, -0.05) is 6.07 Å². The first kappa shape index (κ1) is 13.4. The number of fused-ring (bicyclic) bond motifs is 1. The zero-order chi connectivity index (χ0) is 15.1. The largest absolute Gasteiger partial charge is 0.508 e. The molecule has 5 N–H and O–H groups in total. The third-order valence-corrected chi connectivity index (χ3v) is 3.55. The van der Waals surface area contributed by atoms with Gasteiger partial charge in [0.1, 0.15) is 11.5 Å². The summed E-state index contributed by atoms with van der Waals surface area (Å²) in [5.74, 6) is -1.15. The second-order valence-corrected chi connectivity index (χ2v) is 4.97. The monoisotopic (exact) mass is 290 g/mol. The van der Waals surface area contributed by atoms with E-state index >= 15 is 0 Å². The van der Waals surface area contributed by atoms with E-state index in [9.17, 15) is 25.5 Å². The Morgan fingerprint density at radius 2 is 1.62 bits per heavy atom. The normalized spacial score (nSPS) is 20.6. The number of benzene rings is 2. The van der Waals surface area contributed by atoms with Crippen LogP contribution in [-0.2, 0) is 6.42 Å². The third kappa shape index (κ3) is 2.19. The summed E-state index contributed by atoms with van der Waals surface area (Å²) in [6, 6.07) is 7.23.